The zero-order valence-corrected chi connectivity index (χ0v) is 13.9. The second-order valence-corrected chi connectivity index (χ2v) is 5.56. The average Bonchev–Trinajstić information content (AvgIpc) is 2.54. The Bertz CT molecular complexity index is 585. The number of methoxy groups -OCH3 is 1. The summed E-state index contributed by atoms with van der Waals surface area (Å²) in [5, 5.41) is 0. The van der Waals surface area contributed by atoms with Gasteiger partial charge in [-0.2, -0.15) is 0 Å². The monoisotopic (exact) mass is 310 g/mol. The molecule has 0 saturated carbocycles. The molecule has 2 rings (SSSR count). The molecule has 0 saturated heterocycles. The van der Waals surface area contributed by atoms with E-state index < -0.39 is 0 Å². The first-order valence-corrected chi connectivity index (χ1v) is 7.84. The molecule has 1 aromatic rings. The molecule has 0 bridgehead atoms. The van der Waals surface area contributed by atoms with Gasteiger partial charge in [-0.05, 0) is 37.1 Å². The lowest BCUT2D eigenvalue weighted by Crippen LogP contribution is -2.05. The van der Waals surface area contributed by atoms with Crippen molar-refractivity contribution in [2.75, 3.05) is 26.9 Å². The fourth-order valence-corrected chi connectivity index (χ4v) is 2.24. The molecule has 120 valence electrons. The fraction of sp³-hybridized carbons (Fsp3) is 0.368. The van der Waals surface area contributed by atoms with Gasteiger partial charge in [0.05, 0.1) is 12.4 Å². The maximum absolute atomic E-state index is 5.82. The second kappa shape index (κ2) is 9.26. The first-order valence-electron chi connectivity index (χ1n) is 7.84. The zero-order chi connectivity index (χ0) is 16.5. The lowest BCUT2D eigenvalue weighted by Gasteiger charge is -2.14. The summed E-state index contributed by atoms with van der Waals surface area (Å²) in [5.74, 6) is 1.80. The van der Waals surface area contributed by atoms with E-state index in [2.05, 4.69) is 19.1 Å². The molecule has 0 heterocycles. The minimum absolute atomic E-state index is 0.517. The molecule has 3 nitrogen and oxygen atoms in total. The molecular weight excluding hydrogens is 287 g/mol. The Morgan fingerprint density at radius 3 is 2.52 bits per heavy atom. The number of hydrogen-bond acceptors (Lipinski definition) is 3. The van der Waals surface area contributed by atoms with Gasteiger partial charge >= 0.3 is 0 Å². The molecule has 2 radical (unpaired) electrons. The van der Waals surface area contributed by atoms with Crippen molar-refractivity contribution in [2.24, 2.45) is 0 Å². The van der Waals surface area contributed by atoms with Crippen molar-refractivity contribution in [1.82, 2.24) is 0 Å². The highest BCUT2D eigenvalue weighted by molar-refractivity contribution is 6.32. The molecule has 1 aromatic carbocycles. The van der Waals surface area contributed by atoms with E-state index in [1.165, 1.54) is 5.57 Å². The van der Waals surface area contributed by atoms with Crippen LogP contribution in [0.3, 0.4) is 0 Å². The Hall–Kier alpha value is -1.94. The molecule has 4 heteroatoms. The van der Waals surface area contributed by atoms with Crippen LogP contribution in [0.5, 0.6) is 5.75 Å². The highest BCUT2D eigenvalue weighted by atomic mass is 16.5. The standard InChI is InChI=1S/C19H23BO3/c1-15-3-7-18(22-12-11-21-2)8-4-16(13-15)14-23-19-9-5-17(20)6-10-19/h4-6,8-10,13H,3,7,11-12,14H2,1-2H3. The smallest absolute Gasteiger partial charge is 0.119 e. The van der Waals surface area contributed by atoms with Crippen LogP contribution in [0.4, 0.5) is 0 Å². The van der Waals surface area contributed by atoms with Crippen LogP contribution in [-0.2, 0) is 9.47 Å². The Balaban J connectivity index is 1.98. The van der Waals surface area contributed by atoms with E-state index in [4.69, 9.17) is 22.1 Å². The fourth-order valence-electron chi connectivity index (χ4n) is 2.24. The molecule has 0 aliphatic heterocycles. The van der Waals surface area contributed by atoms with Gasteiger partial charge in [0, 0.05) is 13.5 Å². The van der Waals surface area contributed by atoms with Crippen LogP contribution in [0.2, 0.25) is 0 Å². The maximum atomic E-state index is 5.82. The molecule has 1 aliphatic carbocycles. The van der Waals surface area contributed by atoms with E-state index in [0.29, 0.717) is 19.8 Å². The first kappa shape index (κ1) is 17.4. The molecular formula is C19H23BO3. The molecule has 0 fully saturated rings. The van der Waals surface area contributed by atoms with Crippen molar-refractivity contribution in [3.05, 3.63) is 59.4 Å². The number of hydrogen-bond donors (Lipinski definition) is 0. The van der Waals surface area contributed by atoms with E-state index >= 15 is 0 Å². The summed E-state index contributed by atoms with van der Waals surface area (Å²) in [6.07, 6.45) is 8.16. The summed E-state index contributed by atoms with van der Waals surface area (Å²) in [7, 11) is 7.36. The van der Waals surface area contributed by atoms with Crippen molar-refractivity contribution in [2.45, 2.75) is 19.8 Å². The lowest BCUT2D eigenvalue weighted by atomic mass is 9.97. The molecule has 0 aromatic heterocycles. The second-order valence-electron chi connectivity index (χ2n) is 5.56. The zero-order valence-electron chi connectivity index (χ0n) is 13.9. The van der Waals surface area contributed by atoms with Crippen molar-refractivity contribution < 1.29 is 14.2 Å². The summed E-state index contributed by atoms with van der Waals surface area (Å²) < 4.78 is 16.6. The summed E-state index contributed by atoms with van der Waals surface area (Å²) in [4.78, 5) is 0. The quantitative estimate of drug-likeness (QED) is 0.572. The molecule has 1 aliphatic rings. The van der Waals surface area contributed by atoms with Crippen LogP contribution >= 0.6 is 0 Å². The first-order chi connectivity index (χ1) is 11.2. The SMILES string of the molecule is [B]c1ccc(OCC2=CC=C(OCCOC)CCC(C)=C2)cc1. The van der Waals surface area contributed by atoms with Crippen LogP contribution in [0, 0.1) is 0 Å². The van der Waals surface area contributed by atoms with Crippen LogP contribution in [0.1, 0.15) is 19.8 Å². The predicted octanol–water partition coefficient (Wildman–Crippen LogP) is 3.07. The minimum Gasteiger partial charge on any atom is -0.496 e. The Kier molecular flexibility index (Phi) is 7.01. The summed E-state index contributed by atoms with van der Waals surface area (Å²) in [6, 6.07) is 7.43. The third-order valence-electron chi connectivity index (χ3n) is 3.54. The third-order valence-corrected chi connectivity index (χ3v) is 3.54. The van der Waals surface area contributed by atoms with Crippen LogP contribution in [0.15, 0.2) is 59.4 Å². The van der Waals surface area contributed by atoms with Gasteiger partial charge in [-0.15, -0.1) is 0 Å². The third kappa shape index (κ3) is 6.37. The highest BCUT2D eigenvalue weighted by Crippen LogP contribution is 2.19. The molecule has 0 atom stereocenters. The van der Waals surface area contributed by atoms with E-state index in [0.717, 1.165) is 35.4 Å². The van der Waals surface area contributed by atoms with Gasteiger partial charge in [-0.3, -0.25) is 0 Å². The normalized spacial score (nSPS) is 15.0. The average molecular weight is 310 g/mol. The van der Waals surface area contributed by atoms with Gasteiger partial charge < -0.3 is 14.2 Å². The van der Waals surface area contributed by atoms with E-state index in [1.807, 2.05) is 30.3 Å². The predicted molar refractivity (Wildman–Crippen MR) is 94.3 cm³/mol. The maximum Gasteiger partial charge on any atom is 0.119 e. The molecule has 0 N–H and O–H groups in total. The lowest BCUT2D eigenvalue weighted by molar-refractivity contribution is 0.106. The number of benzene rings is 1. The van der Waals surface area contributed by atoms with Crippen molar-refractivity contribution in [3.8, 4) is 5.75 Å². The molecule has 23 heavy (non-hydrogen) atoms. The summed E-state index contributed by atoms with van der Waals surface area (Å²) in [6.45, 7) is 3.83. The molecule has 0 amide bonds. The van der Waals surface area contributed by atoms with E-state index in [1.54, 1.807) is 7.11 Å². The largest absolute Gasteiger partial charge is 0.496 e. The number of rotatable bonds is 7. The van der Waals surface area contributed by atoms with Crippen molar-refractivity contribution >= 4 is 13.3 Å². The van der Waals surface area contributed by atoms with E-state index in [9.17, 15) is 0 Å². The Morgan fingerprint density at radius 2 is 1.78 bits per heavy atom. The van der Waals surface area contributed by atoms with Gasteiger partial charge in [0.15, 0.2) is 0 Å². The minimum atomic E-state index is 0.517. The topological polar surface area (TPSA) is 27.7 Å². The number of ether oxygens (including phenoxy) is 3. The summed E-state index contributed by atoms with van der Waals surface area (Å²) in [5.41, 5.74) is 3.17. The van der Waals surface area contributed by atoms with Gasteiger partial charge in [0.1, 0.15) is 26.8 Å². The van der Waals surface area contributed by atoms with Crippen molar-refractivity contribution in [1.29, 1.82) is 0 Å². The van der Waals surface area contributed by atoms with Crippen LogP contribution < -0.4 is 10.2 Å². The molecule has 0 unspecified atom stereocenters. The van der Waals surface area contributed by atoms with Crippen LogP contribution in [-0.4, -0.2) is 34.8 Å². The van der Waals surface area contributed by atoms with Gasteiger partial charge in [0.2, 0.25) is 0 Å². The Labute approximate surface area is 140 Å². The van der Waals surface area contributed by atoms with Gasteiger partial charge in [0.25, 0.3) is 0 Å². The van der Waals surface area contributed by atoms with Gasteiger partial charge in [-0.25, -0.2) is 0 Å². The molecule has 0 spiro atoms. The summed E-state index contributed by atoms with van der Waals surface area (Å²) >= 11 is 0. The van der Waals surface area contributed by atoms with Gasteiger partial charge in [-0.1, -0.05) is 35.3 Å². The van der Waals surface area contributed by atoms with Crippen LogP contribution in [0.25, 0.3) is 0 Å². The Morgan fingerprint density at radius 1 is 1.00 bits per heavy atom. The van der Waals surface area contributed by atoms with E-state index in [-0.39, 0.29) is 0 Å². The number of allylic oxidation sites excluding steroid dienone is 4. The highest BCUT2D eigenvalue weighted by Gasteiger charge is 2.05. The van der Waals surface area contributed by atoms with Crippen molar-refractivity contribution in [3.63, 3.8) is 0 Å².